The van der Waals surface area contributed by atoms with Crippen molar-refractivity contribution in [3.8, 4) is 0 Å². The van der Waals surface area contributed by atoms with Crippen LogP contribution in [0, 0.1) is 0 Å². The molecule has 98 valence electrons. The first-order chi connectivity index (χ1) is 8.06. The minimum Gasteiger partial charge on any atom is -0.347 e. The Kier molecular flexibility index (Phi) is 5.37. The van der Waals surface area contributed by atoms with Gasteiger partial charge in [-0.3, -0.25) is 9.59 Å². The highest BCUT2D eigenvalue weighted by Gasteiger charge is 2.27. The van der Waals surface area contributed by atoms with Crippen molar-refractivity contribution in [2.75, 3.05) is 40.3 Å². The molecule has 1 rings (SSSR count). The van der Waals surface area contributed by atoms with Crippen molar-refractivity contribution in [1.82, 2.24) is 15.1 Å². The summed E-state index contributed by atoms with van der Waals surface area (Å²) in [5.74, 6) is -1.02. The Morgan fingerprint density at radius 3 is 2.53 bits per heavy atom. The minimum absolute atomic E-state index is 0.169. The van der Waals surface area contributed by atoms with Gasteiger partial charge in [0.05, 0.1) is 0 Å². The Morgan fingerprint density at radius 2 is 2.00 bits per heavy atom. The molecule has 17 heavy (non-hydrogen) atoms. The zero-order valence-corrected chi connectivity index (χ0v) is 10.6. The molecule has 0 atom stereocenters. The summed E-state index contributed by atoms with van der Waals surface area (Å²) in [6, 6.07) is 0.169. The molecule has 0 saturated carbocycles. The van der Waals surface area contributed by atoms with E-state index in [9.17, 15) is 9.59 Å². The Hall–Kier alpha value is -1.14. The average Bonchev–Trinajstić information content (AvgIpc) is 2.35. The first-order valence-corrected chi connectivity index (χ1v) is 6.00. The lowest BCUT2D eigenvalue weighted by Crippen LogP contribution is -2.49. The van der Waals surface area contributed by atoms with Crippen LogP contribution in [-0.4, -0.2) is 67.9 Å². The number of nitrogens with two attached hydrogens (primary N) is 1. The van der Waals surface area contributed by atoms with Crippen LogP contribution < -0.4 is 11.1 Å². The van der Waals surface area contributed by atoms with Gasteiger partial charge >= 0.3 is 11.8 Å². The van der Waals surface area contributed by atoms with Gasteiger partial charge in [-0.25, -0.2) is 0 Å². The second kappa shape index (κ2) is 6.56. The lowest BCUT2D eigenvalue weighted by Gasteiger charge is -2.34. The van der Waals surface area contributed by atoms with Gasteiger partial charge in [0.25, 0.3) is 0 Å². The van der Waals surface area contributed by atoms with Gasteiger partial charge in [0, 0.05) is 26.2 Å². The maximum absolute atomic E-state index is 11.8. The summed E-state index contributed by atoms with van der Waals surface area (Å²) in [7, 11) is 3.76. The molecule has 0 aliphatic carbocycles. The van der Waals surface area contributed by atoms with Crippen molar-refractivity contribution >= 4 is 11.8 Å². The van der Waals surface area contributed by atoms with E-state index in [2.05, 4.69) is 17.3 Å². The van der Waals surface area contributed by atoms with E-state index < -0.39 is 11.8 Å². The summed E-state index contributed by atoms with van der Waals surface area (Å²) < 4.78 is 0. The van der Waals surface area contributed by atoms with E-state index in [1.165, 1.54) is 0 Å². The van der Waals surface area contributed by atoms with E-state index >= 15 is 0 Å². The number of nitrogens with one attached hydrogen (secondary N) is 1. The molecule has 0 aromatic carbocycles. The Labute approximate surface area is 102 Å². The predicted molar refractivity (Wildman–Crippen MR) is 65.4 cm³/mol. The number of rotatable bonds is 3. The molecule has 3 N–H and O–H groups in total. The zero-order valence-electron chi connectivity index (χ0n) is 10.6. The summed E-state index contributed by atoms with van der Waals surface area (Å²) in [4.78, 5) is 27.1. The number of likely N-dealkylation sites (tertiary alicyclic amines) is 1. The predicted octanol–water partition coefficient (Wildman–Crippen LogP) is -1.39. The third-order valence-electron chi connectivity index (χ3n) is 3.18. The molecule has 1 aliphatic heterocycles. The third-order valence-corrected chi connectivity index (χ3v) is 3.18. The number of likely N-dealkylation sites (N-methyl/N-ethyl adjacent to an activating group) is 1. The molecule has 0 radical (unpaired) electrons. The van der Waals surface area contributed by atoms with Gasteiger partial charge in [0.1, 0.15) is 0 Å². The molecule has 0 spiro atoms. The summed E-state index contributed by atoms with van der Waals surface area (Å²) in [6.07, 6.45) is 1.84. The van der Waals surface area contributed by atoms with Crippen LogP contribution in [0.15, 0.2) is 0 Å². The second-order valence-electron chi connectivity index (χ2n) is 4.50. The van der Waals surface area contributed by atoms with E-state index in [-0.39, 0.29) is 6.04 Å². The van der Waals surface area contributed by atoms with Gasteiger partial charge in [-0.1, -0.05) is 0 Å². The molecule has 6 heteroatoms. The molecule has 6 nitrogen and oxygen atoms in total. The monoisotopic (exact) mass is 242 g/mol. The normalized spacial score (nSPS) is 17.8. The van der Waals surface area contributed by atoms with Crippen LogP contribution in [0.25, 0.3) is 0 Å². The molecule has 0 aromatic rings. The second-order valence-corrected chi connectivity index (χ2v) is 4.50. The quantitative estimate of drug-likeness (QED) is 0.598. The summed E-state index contributed by atoms with van der Waals surface area (Å²) in [5.41, 5.74) is 5.27. The fourth-order valence-electron chi connectivity index (χ4n) is 1.97. The van der Waals surface area contributed by atoms with E-state index in [4.69, 9.17) is 5.73 Å². The largest absolute Gasteiger partial charge is 0.347 e. The average molecular weight is 242 g/mol. The zero-order chi connectivity index (χ0) is 12.8. The number of nitrogens with zero attached hydrogens (tertiary/aromatic N) is 2. The summed E-state index contributed by atoms with van der Waals surface area (Å²) in [6.45, 7) is 2.61. The first-order valence-electron chi connectivity index (χ1n) is 6.00. The van der Waals surface area contributed by atoms with Crippen LogP contribution in [-0.2, 0) is 9.59 Å². The molecule has 0 aromatic heterocycles. The molecule has 1 heterocycles. The van der Waals surface area contributed by atoms with Gasteiger partial charge in [0.15, 0.2) is 0 Å². The molecule has 1 saturated heterocycles. The highest BCUT2D eigenvalue weighted by atomic mass is 16.2. The van der Waals surface area contributed by atoms with Crippen molar-refractivity contribution in [3.63, 3.8) is 0 Å². The molecule has 0 bridgehead atoms. The highest BCUT2D eigenvalue weighted by Crippen LogP contribution is 2.13. The number of hydrogen-bond acceptors (Lipinski definition) is 4. The molecule has 2 amide bonds. The van der Waals surface area contributed by atoms with Crippen LogP contribution in [0.5, 0.6) is 0 Å². The van der Waals surface area contributed by atoms with Gasteiger partial charge in [-0.15, -0.1) is 0 Å². The SMILES string of the molecule is CN1CCC(N(C)C(=O)C(=O)NCCN)CC1. The number of carbonyl (C=O) groups is 2. The molecule has 0 unspecified atom stereocenters. The van der Waals surface area contributed by atoms with Crippen LogP contribution >= 0.6 is 0 Å². The topological polar surface area (TPSA) is 78.7 Å². The van der Waals surface area contributed by atoms with Crippen molar-refractivity contribution in [2.45, 2.75) is 18.9 Å². The number of carbonyl (C=O) groups excluding carboxylic acids is 2. The summed E-state index contributed by atoms with van der Waals surface area (Å²) >= 11 is 0. The van der Waals surface area contributed by atoms with E-state index in [0.717, 1.165) is 25.9 Å². The first kappa shape index (κ1) is 13.9. The van der Waals surface area contributed by atoms with E-state index in [1.807, 2.05) is 0 Å². The van der Waals surface area contributed by atoms with Gasteiger partial charge in [0.2, 0.25) is 0 Å². The Bertz CT molecular complexity index is 275. The van der Waals surface area contributed by atoms with Crippen molar-refractivity contribution in [1.29, 1.82) is 0 Å². The molecule has 1 fully saturated rings. The minimum atomic E-state index is -0.558. The van der Waals surface area contributed by atoms with Crippen molar-refractivity contribution in [3.05, 3.63) is 0 Å². The lowest BCUT2D eigenvalue weighted by atomic mass is 10.0. The fourth-order valence-corrected chi connectivity index (χ4v) is 1.97. The Morgan fingerprint density at radius 1 is 1.41 bits per heavy atom. The Balaban J connectivity index is 2.43. The number of piperidine rings is 1. The molecular weight excluding hydrogens is 220 g/mol. The highest BCUT2D eigenvalue weighted by molar-refractivity contribution is 6.35. The van der Waals surface area contributed by atoms with Crippen molar-refractivity contribution < 1.29 is 9.59 Å². The van der Waals surface area contributed by atoms with Crippen LogP contribution in [0.3, 0.4) is 0 Å². The molecular formula is C11H22N4O2. The maximum Gasteiger partial charge on any atom is 0.311 e. The van der Waals surface area contributed by atoms with Crippen LogP contribution in [0.1, 0.15) is 12.8 Å². The fraction of sp³-hybridized carbons (Fsp3) is 0.818. The molecule has 1 aliphatic rings. The standard InChI is InChI=1S/C11H22N4O2/c1-14-7-3-9(4-8-14)15(2)11(17)10(16)13-6-5-12/h9H,3-8,12H2,1-2H3,(H,13,16). The van der Waals surface area contributed by atoms with E-state index in [1.54, 1.807) is 11.9 Å². The van der Waals surface area contributed by atoms with E-state index in [0.29, 0.717) is 13.1 Å². The third kappa shape index (κ3) is 3.98. The summed E-state index contributed by atoms with van der Waals surface area (Å²) in [5, 5.41) is 2.50. The maximum atomic E-state index is 11.8. The van der Waals surface area contributed by atoms with Gasteiger partial charge in [-0.05, 0) is 33.0 Å². The smallest absolute Gasteiger partial charge is 0.311 e. The lowest BCUT2D eigenvalue weighted by molar-refractivity contribution is -0.146. The number of hydrogen-bond donors (Lipinski definition) is 2. The van der Waals surface area contributed by atoms with Crippen LogP contribution in [0.2, 0.25) is 0 Å². The van der Waals surface area contributed by atoms with Gasteiger partial charge in [-0.2, -0.15) is 0 Å². The number of amides is 2. The van der Waals surface area contributed by atoms with Crippen molar-refractivity contribution in [2.24, 2.45) is 5.73 Å². The van der Waals surface area contributed by atoms with Gasteiger partial charge < -0.3 is 20.9 Å². The van der Waals surface area contributed by atoms with Crippen LogP contribution in [0.4, 0.5) is 0 Å².